The Labute approximate surface area is 111 Å². The molecule has 0 saturated heterocycles. The van der Waals surface area contributed by atoms with Gasteiger partial charge in [0.2, 0.25) is 5.88 Å². The Morgan fingerprint density at radius 3 is 2.58 bits per heavy atom. The van der Waals surface area contributed by atoms with Crippen molar-refractivity contribution in [2.24, 2.45) is 0 Å². The molecule has 1 heterocycles. The third-order valence-electron chi connectivity index (χ3n) is 2.76. The molecule has 0 aliphatic carbocycles. The highest BCUT2D eigenvalue weighted by atomic mass is 19.4. The van der Waals surface area contributed by atoms with Crippen LogP contribution in [0.15, 0.2) is 18.3 Å². The van der Waals surface area contributed by atoms with Gasteiger partial charge in [0.05, 0.1) is 7.11 Å². The second kappa shape index (κ2) is 7.33. The minimum Gasteiger partial charge on any atom is -0.481 e. The molecule has 1 unspecified atom stereocenters. The van der Waals surface area contributed by atoms with Crippen molar-refractivity contribution in [3.8, 4) is 5.88 Å². The van der Waals surface area contributed by atoms with E-state index >= 15 is 0 Å². The number of halogens is 3. The van der Waals surface area contributed by atoms with Crippen LogP contribution in [0.1, 0.15) is 25.3 Å². The topological polar surface area (TPSA) is 34.1 Å². The third-order valence-corrected chi connectivity index (χ3v) is 2.76. The molecule has 0 aliphatic heterocycles. The number of pyridine rings is 1. The smallest absolute Gasteiger partial charge is 0.389 e. The second-order valence-electron chi connectivity index (χ2n) is 4.32. The van der Waals surface area contributed by atoms with Gasteiger partial charge in [0.25, 0.3) is 0 Å². The van der Waals surface area contributed by atoms with E-state index < -0.39 is 12.6 Å². The van der Waals surface area contributed by atoms with Gasteiger partial charge in [-0.1, -0.05) is 13.0 Å². The van der Waals surface area contributed by atoms with E-state index in [1.807, 2.05) is 13.0 Å². The molecular weight excluding hydrogens is 257 g/mol. The Bertz CT molecular complexity index is 365. The van der Waals surface area contributed by atoms with Gasteiger partial charge in [-0.05, 0) is 24.9 Å². The van der Waals surface area contributed by atoms with Crippen molar-refractivity contribution in [1.29, 1.82) is 0 Å². The molecular formula is C13H19F3N2O. The van der Waals surface area contributed by atoms with Crippen molar-refractivity contribution in [2.45, 2.75) is 38.4 Å². The van der Waals surface area contributed by atoms with E-state index in [1.165, 1.54) is 7.11 Å². The Kier molecular flexibility index (Phi) is 6.08. The number of alkyl halides is 3. The van der Waals surface area contributed by atoms with Crippen LogP contribution in [-0.4, -0.2) is 30.9 Å². The molecule has 0 spiro atoms. The quantitative estimate of drug-likeness (QED) is 0.831. The van der Waals surface area contributed by atoms with Crippen LogP contribution in [0.4, 0.5) is 13.2 Å². The highest BCUT2D eigenvalue weighted by Crippen LogP contribution is 2.23. The zero-order chi connectivity index (χ0) is 14.3. The van der Waals surface area contributed by atoms with Gasteiger partial charge in [-0.2, -0.15) is 13.2 Å². The lowest BCUT2D eigenvalue weighted by molar-refractivity contribution is -0.136. The highest BCUT2D eigenvalue weighted by Gasteiger charge is 2.28. The summed E-state index contributed by atoms with van der Waals surface area (Å²) in [5.41, 5.74) is 0.897. The number of rotatable bonds is 7. The van der Waals surface area contributed by atoms with Crippen molar-refractivity contribution in [1.82, 2.24) is 10.3 Å². The maximum Gasteiger partial charge on any atom is 0.389 e. The monoisotopic (exact) mass is 276 g/mol. The lowest BCUT2D eigenvalue weighted by Gasteiger charge is -2.18. The van der Waals surface area contributed by atoms with Crippen LogP contribution in [0.2, 0.25) is 0 Å². The predicted molar refractivity (Wildman–Crippen MR) is 67.2 cm³/mol. The van der Waals surface area contributed by atoms with Crippen LogP contribution in [0.25, 0.3) is 0 Å². The Morgan fingerprint density at radius 2 is 2.11 bits per heavy atom. The van der Waals surface area contributed by atoms with Gasteiger partial charge in [-0.25, -0.2) is 4.98 Å². The van der Waals surface area contributed by atoms with Gasteiger partial charge < -0.3 is 10.1 Å². The summed E-state index contributed by atoms with van der Waals surface area (Å²) in [4.78, 5) is 4.05. The molecule has 1 N–H and O–H groups in total. The minimum atomic E-state index is -4.11. The first-order valence-corrected chi connectivity index (χ1v) is 6.23. The summed E-state index contributed by atoms with van der Waals surface area (Å²) in [7, 11) is 1.52. The maximum absolute atomic E-state index is 12.2. The number of likely N-dealkylation sites (N-methyl/N-ethyl adjacent to an activating group) is 1. The van der Waals surface area contributed by atoms with Crippen LogP contribution in [0.3, 0.4) is 0 Å². The lowest BCUT2D eigenvalue weighted by atomic mass is 10.0. The number of nitrogens with one attached hydrogen (secondary N) is 1. The molecule has 1 aromatic rings. The first-order chi connectivity index (χ1) is 8.94. The standard InChI is InChI=1S/C13H19F3N2O/c1-3-17-11(6-7-13(14,15)16)8-10-4-5-12(19-2)18-9-10/h4-5,9,11,17H,3,6-8H2,1-2H3. The number of hydrogen-bond acceptors (Lipinski definition) is 3. The van der Waals surface area contributed by atoms with Crippen molar-refractivity contribution >= 4 is 0 Å². The van der Waals surface area contributed by atoms with Crippen LogP contribution < -0.4 is 10.1 Å². The van der Waals surface area contributed by atoms with Gasteiger partial charge in [0.1, 0.15) is 0 Å². The van der Waals surface area contributed by atoms with E-state index in [1.54, 1.807) is 12.3 Å². The van der Waals surface area contributed by atoms with Crippen LogP contribution >= 0.6 is 0 Å². The first kappa shape index (κ1) is 15.8. The molecule has 0 radical (unpaired) electrons. The van der Waals surface area contributed by atoms with Crippen LogP contribution in [-0.2, 0) is 6.42 Å². The van der Waals surface area contributed by atoms with E-state index in [0.717, 1.165) is 5.56 Å². The van der Waals surface area contributed by atoms with Gasteiger partial charge >= 0.3 is 6.18 Å². The molecule has 1 aromatic heterocycles. The summed E-state index contributed by atoms with van der Waals surface area (Å²) in [6.45, 7) is 2.53. The maximum atomic E-state index is 12.2. The van der Waals surface area contributed by atoms with E-state index in [-0.39, 0.29) is 12.5 Å². The number of nitrogens with zero attached hydrogens (tertiary/aromatic N) is 1. The van der Waals surface area contributed by atoms with Crippen molar-refractivity contribution in [3.05, 3.63) is 23.9 Å². The molecule has 1 atom stereocenters. The summed E-state index contributed by atoms with van der Waals surface area (Å²) >= 11 is 0. The largest absolute Gasteiger partial charge is 0.481 e. The number of hydrogen-bond donors (Lipinski definition) is 1. The molecule has 1 rings (SSSR count). The Balaban J connectivity index is 2.56. The summed E-state index contributed by atoms with van der Waals surface area (Å²) in [5, 5.41) is 3.07. The molecule has 6 heteroatoms. The van der Waals surface area contributed by atoms with Gasteiger partial charge in [-0.3, -0.25) is 0 Å². The predicted octanol–water partition coefficient (Wildman–Crippen LogP) is 2.95. The SMILES string of the molecule is CCNC(CCC(F)(F)F)Cc1ccc(OC)nc1. The normalized spacial score (nSPS) is 13.3. The Morgan fingerprint density at radius 1 is 1.37 bits per heavy atom. The highest BCUT2D eigenvalue weighted by molar-refractivity contribution is 5.18. The van der Waals surface area contributed by atoms with Gasteiger partial charge in [-0.15, -0.1) is 0 Å². The molecule has 0 aliphatic rings. The summed E-state index contributed by atoms with van der Waals surface area (Å²) in [5.74, 6) is 0.499. The van der Waals surface area contributed by atoms with Crippen LogP contribution in [0, 0.1) is 0 Å². The summed E-state index contributed by atoms with van der Waals surface area (Å²) in [6, 6.07) is 3.34. The molecule has 3 nitrogen and oxygen atoms in total. The number of methoxy groups -OCH3 is 1. The molecule has 0 bridgehead atoms. The van der Waals surface area contributed by atoms with E-state index in [2.05, 4.69) is 10.3 Å². The van der Waals surface area contributed by atoms with Crippen molar-refractivity contribution in [3.63, 3.8) is 0 Å². The lowest BCUT2D eigenvalue weighted by Crippen LogP contribution is -2.32. The molecule has 0 amide bonds. The summed E-state index contributed by atoms with van der Waals surface area (Å²) in [6.07, 6.45) is -2.64. The number of aromatic nitrogens is 1. The molecule has 0 fully saturated rings. The van der Waals surface area contributed by atoms with Gasteiger partial charge in [0.15, 0.2) is 0 Å². The third kappa shape index (κ3) is 6.42. The molecule has 108 valence electrons. The van der Waals surface area contributed by atoms with Crippen molar-refractivity contribution in [2.75, 3.05) is 13.7 Å². The minimum absolute atomic E-state index is 0.0728. The molecule has 0 saturated carbocycles. The average Bonchev–Trinajstić information content (AvgIpc) is 2.36. The zero-order valence-corrected chi connectivity index (χ0v) is 11.1. The van der Waals surface area contributed by atoms with Crippen molar-refractivity contribution < 1.29 is 17.9 Å². The average molecular weight is 276 g/mol. The van der Waals surface area contributed by atoms with Crippen LogP contribution in [0.5, 0.6) is 5.88 Å². The second-order valence-corrected chi connectivity index (χ2v) is 4.32. The van der Waals surface area contributed by atoms with E-state index in [0.29, 0.717) is 18.8 Å². The fourth-order valence-electron chi connectivity index (χ4n) is 1.84. The Hall–Kier alpha value is -1.30. The van der Waals surface area contributed by atoms with E-state index in [4.69, 9.17) is 4.74 Å². The first-order valence-electron chi connectivity index (χ1n) is 6.23. The van der Waals surface area contributed by atoms with Gasteiger partial charge in [0, 0.05) is 24.7 Å². The zero-order valence-electron chi connectivity index (χ0n) is 11.1. The van der Waals surface area contributed by atoms with E-state index in [9.17, 15) is 13.2 Å². The fourth-order valence-corrected chi connectivity index (χ4v) is 1.84. The molecule has 19 heavy (non-hydrogen) atoms. The fraction of sp³-hybridized carbons (Fsp3) is 0.615. The number of ether oxygens (including phenoxy) is 1. The molecule has 0 aromatic carbocycles. The summed E-state index contributed by atoms with van der Waals surface area (Å²) < 4.78 is 41.6.